The van der Waals surface area contributed by atoms with E-state index in [1.807, 2.05) is 43.1 Å². The number of aryl methyl sites for hydroxylation is 1. The molecule has 0 aromatic heterocycles. The van der Waals surface area contributed by atoms with Crippen LogP contribution >= 0.6 is 0 Å². The average molecular weight is 242 g/mol. The number of anilines is 1. The van der Waals surface area contributed by atoms with Gasteiger partial charge in [-0.25, -0.2) is 0 Å². The van der Waals surface area contributed by atoms with E-state index in [9.17, 15) is 0 Å². The molecule has 1 rings (SSSR count). The highest BCUT2D eigenvalue weighted by Crippen LogP contribution is 2.11. The van der Waals surface area contributed by atoms with Crippen molar-refractivity contribution in [3.63, 3.8) is 0 Å². The number of hydrogen-bond donors (Lipinski definition) is 0. The molecule has 1 heteroatoms. The normalized spacial score (nSPS) is 7.00. The fraction of sp³-hybridized carbons (Fsp3) is 0.111. The zero-order chi connectivity index (χ0) is 13.9. The van der Waals surface area contributed by atoms with E-state index < -0.39 is 0 Å². The number of hydrogen-bond acceptors (Lipinski definition) is 1. The molecule has 0 saturated carbocycles. The summed E-state index contributed by atoms with van der Waals surface area (Å²) in [6, 6.07) is 11.0. The summed E-state index contributed by atoms with van der Waals surface area (Å²) < 4.78 is 0. The molecule has 0 radical (unpaired) electrons. The van der Waals surface area contributed by atoms with Crippen LogP contribution in [-0.2, 0) is 0 Å². The van der Waals surface area contributed by atoms with Crippen LogP contribution in [0.15, 0.2) is 30.3 Å². The van der Waals surface area contributed by atoms with E-state index in [0.29, 0.717) is 0 Å². The van der Waals surface area contributed by atoms with Gasteiger partial charge in [0.1, 0.15) is 5.92 Å². The molecule has 0 N–H and O–H groups in total. The molecule has 88 valence electrons. The third kappa shape index (κ3) is 5.68. The summed E-state index contributed by atoms with van der Waals surface area (Å²) in [7, 11) is 1.88. The smallest absolute Gasteiger partial charge is 0.222 e. The van der Waals surface area contributed by atoms with Crippen molar-refractivity contribution in [2.24, 2.45) is 0 Å². The Hall–Kier alpha value is -3.09. The zero-order valence-corrected chi connectivity index (χ0v) is 10.9. The van der Waals surface area contributed by atoms with Crippen LogP contribution in [0.25, 0.3) is 0 Å². The summed E-state index contributed by atoms with van der Waals surface area (Å²) in [6.45, 7) is 7.11. The first-order valence-electron chi connectivity index (χ1n) is 5.59. The maximum atomic E-state index is 5.06. The Morgan fingerprint density at radius 1 is 0.947 bits per heavy atom. The molecule has 0 amide bonds. The van der Waals surface area contributed by atoms with Crippen molar-refractivity contribution in [1.29, 1.82) is 0 Å². The highest BCUT2D eigenvalue weighted by Gasteiger charge is 1.94. The molecule has 0 heterocycles. The van der Waals surface area contributed by atoms with E-state index in [2.05, 4.69) is 47.5 Å². The second kappa shape index (κ2) is 8.07. The molecule has 0 atom stereocenters. The fourth-order valence-corrected chi connectivity index (χ4v) is 1.15. The van der Waals surface area contributed by atoms with E-state index in [1.54, 1.807) is 0 Å². The molecule has 0 bridgehead atoms. The van der Waals surface area contributed by atoms with Crippen LogP contribution in [0.4, 0.5) is 5.69 Å². The van der Waals surface area contributed by atoms with E-state index >= 15 is 0 Å². The van der Waals surface area contributed by atoms with E-state index in [-0.39, 0.29) is 0 Å². The van der Waals surface area contributed by atoms with Gasteiger partial charge >= 0.3 is 0 Å². The van der Waals surface area contributed by atoms with Gasteiger partial charge in [0.2, 0.25) is 6.08 Å². The van der Waals surface area contributed by atoms with Gasteiger partial charge in [-0.15, -0.1) is 0 Å². The third-order valence-electron chi connectivity index (χ3n) is 2.11. The number of allylic oxidation sites excluding steroid dienone is 1. The summed E-state index contributed by atoms with van der Waals surface area (Å²) in [5.74, 6) is 18.1. The number of nitrogens with zero attached hydrogens (tertiary/aromatic N) is 1. The van der Waals surface area contributed by atoms with E-state index in [0.717, 1.165) is 5.69 Å². The summed E-state index contributed by atoms with van der Waals surface area (Å²) in [5.41, 5.74) is 2.24. The first-order valence-corrected chi connectivity index (χ1v) is 5.59. The van der Waals surface area contributed by atoms with Crippen LogP contribution in [0.5, 0.6) is 0 Å². The fourth-order valence-electron chi connectivity index (χ4n) is 1.15. The molecule has 1 nitrogen and oxygen atoms in total. The van der Waals surface area contributed by atoms with Gasteiger partial charge in [0.15, 0.2) is 5.92 Å². The van der Waals surface area contributed by atoms with Gasteiger partial charge in [0, 0.05) is 48.4 Å². The minimum atomic E-state index is 1.02. The highest BCUT2D eigenvalue weighted by atomic mass is 15.1. The Labute approximate surface area is 115 Å². The van der Waals surface area contributed by atoms with E-state index in [4.69, 9.17) is 6.58 Å². The van der Waals surface area contributed by atoms with Gasteiger partial charge in [0.05, 0.1) is 6.58 Å². The predicted octanol–water partition coefficient (Wildman–Crippen LogP) is 2.39. The summed E-state index contributed by atoms with van der Waals surface area (Å²) >= 11 is 0. The van der Waals surface area contributed by atoms with Crippen LogP contribution in [0.3, 0.4) is 0 Å². The Bertz CT molecular complexity index is 678. The molecular weight excluding hydrogens is 230 g/mol. The summed E-state index contributed by atoms with van der Waals surface area (Å²) in [4.78, 5) is 1.81. The molecule has 0 unspecified atom stereocenters. The average Bonchev–Trinajstić information content (AvgIpc) is 2.42. The van der Waals surface area contributed by atoms with Crippen LogP contribution in [-0.4, -0.2) is 7.05 Å². The molecule has 0 aliphatic rings. The lowest BCUT2D eigenvalue weighted by molar-refractivity contribution is 1.25. The first-order chi connectivity index (χ1) is 9.24. The highest BCUT2D eigenvalue weighted by molar-refractivity contribution is 5.53. The molecule has 0 spiro atoms. The molecule has 0 saturated heterocycles. The van der Waals surface area contributed by atoms with Crippen LogP contribution in [0, 0.1) is 61.0 Å². The molecule has 1 aromatic carbocycles. The summed E-state index contributed by atoms with van der Waals surface area (Å²) in [5, 5.41) is 0. The van der Waals surface area contributed by atoms with Crippen LogP contribution < -0.4 is 4.90 Å². The molecule has 0 aliphatic carbocycles. The van der Waals surface area contributed by atoms with Crippen molar-refractivity contribution >= 4 is 5.69 Å². The predicted molar refractivity (Wildman–Crippen MR) is 79.6 cm³/mol. The molecule has 0 aliphatic heterocycles. The van der Waals surface area contributed by atoms with Crippen molar-refractivity contribution in [1.82, 2.24) is 0 Å². The van der Waals surface area contributed by atoms with E-state index in [1.165, 1.54) is 11.6 Å². The van der Waals surface area contributed by atoms with Gasteiger partial charge in [-0.05, 0) is 19.1 Å². The topological polar surface area (TPSA) is 3.24 Å². The Balaban J connectivity index is 2.63. The maximum Gasteiger partial charge on any atom is 0.222 e. The van der Waals surface area contributed by atoms with Crippen LogP contribution in [0.2, 0.25) is 0 Å². The molecule has 1 aromatic rings. The van der Waals surface area contributed by atoms with Crippen molar-refractivity contribution in [2.75, 3.05) is 11.9 Å². The lowest BCUT2D eigenvalue weighted by Crippen LogP contribution is -2.07. The quantitative estimate of drug-likeness (QED) is 0.415. The summed E-state index contributed by atoms with van der Waals surface area (Å²) in [6.07, 6.45) is 1.23. The van der Waals surface area contributed by atoms with Gasteiger partial charge in [-0.3, -0.25) is 0 Å². The zero-order valence-electron chi connectivity index (χ0n) is 10.9. The lowest BCUT2D eigenvalue weighted by atomic mass is 10.2. The van der Waals surface area contributed by atoms with Gasteiger partial charge < -0.3 is 4.90 Å². The maximum absolute atomic E-state index is 5.06. The SMILES string of the molecule is [CH+]=CC#CC#CC#CC#CN(C)c1ccc(C)cc1. The second-order valence-corrected chi connectivity index (χ2v) is 3.57. The monoisotopic (exact) mass is 242 g/mol. The Morgan fingerprint density at radius 3 is 2.16 bits per heavy atom. The number of rotatable bonds is 1. The van der Waals surface area contributed by atoms with Crippen molar-refractivity contribution in [3.8, 4) is 47.5 Å². The molecular formula is C18H12N+. The largest absolute Gasteiger partial charge is 0.304 e. The standard InChI is InChI=1S/C18H12N/c1-4-5-6-7-8-9-10-11-16-19(3)18-14-12-17(2)13-15-18/h1,4,12-15H,2-3H3/q+1. The Kier molecular flexibility index (Phi) is 5.93. The van der Waals surface area contributed by atoms with Gasteiger partial charge in [0.25, 0.3) is 0 Å². The van der Waals surface area contributed by atoms with Gasteiger partial charge in [-0.1, -0.05) is 17.7 Å². The third-order valence-corrected chi connectivity index (χ3v) is 2.11. The minimum absolute atomic E-state index is 1.02. The van der Waals surface area contributed by atoms with Crippen molar-refractivity contribution in [2.45, 2.75) is 6.92 Å². The first kappa shape index (κ1) is 14.0. The molecule has 19 heavy (non-hydrogen) atoms. The van der Waals surface area contributed by atoms with Crippen molar-refractivity contribution < 1.29 is 0 Å². The lowest BCUT2D eigenvalue weighted by Gasteiger charge is -2.10. The van der Waals surface area contributed by atoms with Crippen molar-refractivity contribution in [3.05, 3.63) is 42.5 Å². The second-order valence-electron chi connectivity index (χ2n) is 3.57. The number of benzene rings is 1. The minimum Gasteiger partial charge on any atom is -0.304 e. The van der Waals surface area contributed by atoms with Crippen LogP contribution in [0.1, 0.15) is 5.56 Å². The van der Waals surface area contributed by atoms with Gasteiger partial charge in [-0.2, -0.15) is 0 Å². The molecule has 0 fully saturated rings. The Morgan fingerprint density at radius 2 is 1.53 bits per heavy atom.